The van der Waals surface area contributed by atoms with Gasteiger partial charge in [0.2, 0.25) is 0 Å². The lowest BCUT2D eigenvalue weighted by molar-refractivity contribution is -0.132. The first-order valence-electron chi connectivity index (χ1n) is 12.4. The van der Waals surface area contributed by atoms with Crippen molar-refractivity contribution in [1.82, 2.24) is 14.9 Å². The number of likely N-dealkylation sites (tertiary alicyclic amines) is 1. The van der Waals surface area contributed by atoms with Crippen LogP contribution in [0.1, 0.15) is 22.5 Å². The largest absolute Gasteiger partial charge is 0.378 e. The van der Waals surface area contributed by atoms with Crippen molar-refractivity contribution in [2.45, 2.75) is 19.1 Å². The Labute approximate surface area is 211 Å². The van der Waals surface area contributed by atoms with Crippen molar-refractivity contribution in [3.63, 3.8) is 0 Å². The fourth-order valence-corrected chi connectivity index (χ4v) is 5.62. The van der Waals surface area contributed by atoms with Gasteiger partial charge in [0, 0.05) is 44.9 Å². The van der Waals surface area contributed by atoms with E-state index in [9.17, 15) is 5.26 Å². The van der Waals surface area contributed by atoms with Crippen molar-refractivity contribution >= 4 is 17.3 Å². The number of fused-ring (bicyclic) bond motifs is 2. The standard InChI is InChI=1S/C28H30N6O2/c1-19-30-26(14-27(31-19)34-8-10-35-11-9-34)33(3)25-12-20(15-29)4-6-23(25)21-5-7-24-22(13-21)16-36-28(24)17-32(2)18-28/h4-7,12-14H,8-11,16-18H2,1-3H3. The van der Waals surface area contributed by atoms with E-state index < -0.39 is 0 Å². The minimum atomic E-state index is -0.152. The number of rotatable bonds is 4. The third-order valence-corrected chi connectivity index (χ3v) is 7.44. The molecule has 8 nitrogen and oxygen atoms in total. The summed E-state index contributed by atoms with van der Waals surface area (Å²) in [5.41, 5.74) is 6.09. The fourth-order valence-electron chi connectivity index (χ4n) is 5.62. The average molecular weight is 483 g/mol. The molecule has 0 aliphatic carbocycles. The number of morpholine rings is 1. The lowest BCUT2D eigenvalue weighted by atomic mass is 9.84. The molecule has 1 aromatic heterocycles. The van der Waals surface area contributed by atoms with Gasteiger partial charge in [-0.1, -0.05) is 18.2 Å². The smallest absolute Gasteiger partial charge is 0.138 e. The molecule has 0 unspecified atom stereocenters. The van der Waals surface area contributed by atoms with Crippen LogP contribution in [-0.4, -0.2) is 68.4 Å². The number of aryl methyl sites for hydroxylation is 1. The van der Waals surface area contributed by atoms with Crippen LogP contribution < -0.4 is 9.80 Å². The Morgan fingerprint density at radius 1 is 1.06 bits per heavy atom. The summed E-state index contributed by atoms with van der Waals surface area (Å²) in [6, 6.07) is 16.8. The molecule has 0 radical (unpaired) electrons. The first-order chi connectivity index (χ1) is 17.5. The van der Waals surface area contributed by atoms with Crippen LogP contribution in [0.5, 0.6) is 0 Å². The Bertz CT molecular complexity index is 1350. The highest BCUT2D eigenvalue weighted by atomic mass is 16.5. The van der Waals surface area contributed by atoms with Crippen LogP contribution in [-0.2, 0) is 21.7 Å². The number of nitrogens with zero attached hydrogens (tertiary/aromatic N) is 6. The zero-order chi connectivity index (χ0) is 24.9. The zero-order valence-electron chi connectivity index (χ0n) is 21.0. The minimum absolute atomic E-state index is 0.152. The second-order valence-electron chi connectivity index (χ2n) is 9.96. The molecule has 2 fully saturated rings. The van der Waals surface area contributed by atoms with E-state index in [-0.39, 0.29) is 5.60 Å². The molecule has 2 saturated heterocycles. The molecule has 0 amide bonds. The molecule has 3 aromatic rings. The Balaban J connectivity index is 1.38. The van der Waals surface area contributed by atoms with Gasteiger partial charge in [0.15, 0.2) is 0 Å². The summed E-state index contributed by atoms with van der Waals surface area (Å²) in [7, 11) is 4.12. The number of benzene rings is 2. The summed E-state index contributed by atoms with van der Waals surface area (Å²) < 4.78 is 11.8. The van der Waals surface area contributed by atoms with Gasteiger partial charge in [0.1, 0.15) is 23.1 Å². The van der Waals surface area contributed by atoms with Gasteiger partial charge in [-0.25, -0.2) is 9.97 Å². The number of hydrogen-bond donors (Lipinski definition) is 0. The van der Waals surface area contributed by atoms with E-state index in [1.54, 1.807) is 0 Å². The first-order valence-corrected chi connectivity index (χ1v) is 12.4. The van der Waals surface area contributed by atoms with E-state index in [0.29, 0.717) is 31.2 Å². The molecule has 0 atom stereocenters. The monoisotopic (exact) mass is 482 g/mol. The average Bonchev–Trinajstić information content (AvgIpc) is 3.26. The summed E-state index contributed by atoms with van der Waals surface area (Å²) in [6.45, 7) is 7.43. The maximum atomic E-state index is 9.64. The predicted molar refractivity (Wildman–Crippen MR) is 138 cm³/mol. The Hall–Kier alpha value is -3.51. The van der Waals surface area contributed by atoms with Gasteiger partial charge >= 0.3 is 0 Å². The second kappa shape index (κ2) is 8.86. The molecular formula is C28H30N6O2. The summed E-state index contributed by atoms with van der Waals surface area (Å²) >= 11 is 0. The van der Waals surface area contributed by atoms with Crippen molar-refractivity contribution in [3.05, 3.63) is 65.0 Å². The highest BCUT2D eigenvalue weighted by Gasteiger charge is 2.48. The number of hydrogen-bond acceptors (Lipinski definition) is 8. The van der Waals surface area contributed by atoms with Crippen molar-refractivity contribution in [3.8, 4) is 17.2 Å². The van der Waals surface area contributed by atoms with E-state index in [2.05, 4.69) is 51.0 Å². The Morgan fingerprint density at radius 3 is 2.61 bits per heavy atom. The maximum absolute atomic E-state index is 9.64. The molecule has 184 valence electrons. The number of aromatic nitrogens is 2. The summed E-state index contributed by atoms with van der Waals surface area (Å²) in [5, 5.41) is 9.64. The summed E-state index contributed by atoms with van der Waals surface area (Å²) in [5.74, 6) is 2.40. The molecule has 3 aliphatic rings. The van der Waals surface area contributed by atoms with Crippen LogP contribution in [0.25, 0.3) is 11.1 Å². The highest BCUT2D eigenvalue weighted by molar-refractivity contribution is 5.83. The molecule has 2 aromatic carbocycles. The molecule has 0 bridgehead atoms. The molecule has 0 saturated carbocycles. The fraction of sp³-hybridized carbons (Fsp3) is 0.393. The van der Waals surface area contributed by atoms with E-state index >= 15 is 0 Å². The van der Waals surface area contributed by atoms with Crippen molar-refractivity contribution in [1.29, 1.82) is 5.26 Å². The van der Waals surface area contributed by atoms with Gasteiger partial charge in [-0.15, -0.1) is 0 Å². The van der Waals surface area contributed by atoms with Gasteiger partial charge in [0.05, 0.1) is 37.1 Å². The van der Waals surface area contributed by atoms with Gasteiger partial charge in [-0.05, 0) is 48.9 Å². The molecular weight excluding hydrogens is 452 g/mol. The second-order valence-corrected chi connectivity index (χ2v) is 9.96. The summed E-state index contributed by atoms with van der Waals surface area (Å²) in [4.78, 5) is 16.0. The number of ether oxygens (including phenoxy) is 2. The number of nitriles is 1. The first kappa shape index (κ1) is 22.9. The third-order valence-electron chi connectivity index (χ3n) is 7.44. The van der Waals surface area contributed by atoms with Crippen LogP contribution in [0.4, 0.5) is 17.3 Å². The SMILES string of the molecule is Cc1nc(N2CCOCC2)cc(N(C)c2cc(C#N)ccc2-c2ccc3c(c2)COC32CN(C)C2)n1. The van der Waals surface area contributed by atoms with E-state index in [0.717, 1.165) is 54.6 Å². The predicted octanol–water partition coefficient (Wildman–Crippen LogP) is 3.60. The van der Waals surface area contributed by atoms with Crippen LogP contribution >= 0.6 is 0 Å². The van der Waals surface area contributed by atoms with Gasteiger partial charge in [-0.2, -0.15) is 5.26 Å². The minimum Gasteiger partial charge on any atom is -0.378 e. The number of likely N-dealkylation sites (N-methyl/N-ethyl adjacent to an activating group) is 1. The lowest BCUT2D eigenvalue weighted by Gasteiger charge is -2.45. The Kier molecular flexibility index (Phi) is 5.64. The van der Waals surface area contributed by atoms with Crippen molar-refractivity contribution in [2.75, 3.05) is 63.3 Å². The Morgan fingerprint density at radius 2 is 1.86 bits per heavy atom. The van der Waals surface area contributed by atoms with Crippen LogP contribution in [0, 0.1) is 18.3 Å². The maximum Gasteiger partial charge on any atom is 0.138 e. The van der Waals surface area contributed by atoms with Gasteiger partial charge in [0.25, 0.3) is 0 Å². The highest BCUT2D eigenvalue weighted by Crippen LogP contribution is 2.45. The lowest BCUT2D eigenvalue weighted by Crippen LogP contribution is -2.57. The topological polar surface area (TPSA) is 77.8 Å². The van der Waals surface area contributed by atoms with Crippen LogP contribution in [0.3, 0.4) is 0 Å². The van der Waals surface area contributed by atoms with Crippen LogP contribution in [0.2, 0.25) is 0 Å². The summed E-state index contributed by atoms with van der Waals surface area (Å²) in [6.07, 6.45) is 0. The normalized spacial score (nSPS) is 18.6. The van der Waals surface area contributed by atoms with Gasteiger partial charge in [-0.3, -0.25) is 4.90 Å². The zero-order valence-corrected chi connectivity index (χ0v) is 21.0. The molecule has 1 spiro atoms. The van der Waals surface area contributed by atoms with Gasteiger partial charge < -0.3 is 19.3 Å². The molecule has 0 N–H and O–H groups in total. The molecule has 8 heteroatoms. The van der Waals surface area contributed by atoms with E-state index in [1.807, 2.05) is 38.2 Å². The molecule has 3 aliphatic heterocycles. The molecule has 36 heavy (non-hydrogen) atoms. The van der Waals surface area contributed by atoms with E-state index in [4.69, 9.17) is 14.5 Å². The molecule has 4 heterocycles. The van der Waals surface area contributed by atoms with Crippen molar-refractivity contribution in [2.24, 2.45) is 0 Å². The van der Waals surface area contributed by atoms with E-state index in [1.165, 1.54) is 11.1 Å². The van der Waals surface area contributed by atoms with Crippen molar-refractivity contribution < 1.29 is 9.47 Å². The quantitative estimate of drug-likeness (QED) is 0.558. The number of anilines is 3. The molecule has 6 rings (SSSR count). The third kappa shape index (κ3) is 3.90. The van der Waals surface area contributed by atoms with Crippen LogP contribution in [0.15, 0.2) is 42.5 Å².